The molecule has 0 bridgehead atoms. The predicted octanol–water partition coefficient (Wildman–Crippen LogP) is -1.74. The zero-order valence-electron chi connectivity index (χ0n) is 7.13. The van der Waals surface area contributed by atoms with E-state index >= 15 is 0 Å². The van der Waals surface area contributed by atoms with Crippen molar-refractivity contribution in [3.63, 3.8) is 0 Å². The van der Waals surface area contributed by atoms with Crippen molar-refractivity contribution in [1.82, 2.24) is 10.6 Å². The minimum atomic E-state index is -1.02. The summed E-state index contributed by atoms with van der Waals surface area (Å²) >= 11 is 0. The molecule has 0 saturated heterocycles. The largest absolute Gasteiger partial charge is 0.480 e. The standard InChI is InChI=1S/C8H8N2O4/c11-7(12)5-9-3-1-2-4-10-6-8(13)14/h9-10H,5-6H2,(H,11,12)(H,13,14). The Morgan fingerprint density at radius 2 is 1.29 bits per heavy atom. The molecule has 6 nitrogen and oxygen atoms in total. The maximum Gasteiger partial charge on any atom is 0.323 e. The van der Waals surface area contributed by atoms with Crippen LogP contribution in [0.3, 0.4) is 0 Å². The molecule has 0 aliphatic carbocycles. The summed E-state index contributed by atoms with van der Waals surface area (Å²) in [6.45, 7) is -0.533. The van der Waals surface area contributed by atoms with E-state index in [1.165, 1.54) is 0 Å². The van der Waals surface area contributed by atoms with Gasteiger partial charge in [0, 0.05) is 23.9 Å². The summed E-state index contributed by atoms with van der Waals surface area (Å²) in [5.74, 6) is 2.51. The molecule has 14 heavy (non-hydrogen) atoms. The normalized spacial score (nSPS) is 7.14. The van der Waals surface area contributed by atoms with Gasteiger partial charge in [0.25, 0.3) is 0 Å². The molecule has 0 atom stereocenters. The van der Waals surface area contributed by atoms with Crippen LogP contribution in [-0.4, -0.2) is 35.2 Å². The SMILES string of the molecule is O=C(O)CNC#CC#CNCC(=O)O. The highest BCUT2D eigenvalue weighted by molar-refractivity contribution is 5.69. The number of nitrogens with one attached hydrogen (secondary N) is 2. The van der Waals surface area contributed by atoms with E-state index in [4.69, 9.17) is 10.2 Å². The minimum Gasteiger partial charge on any atom is -0.480 e. The molecular weight excluding hydrogens is 188 g/mol. The van der Waals surface area contributed by atoms with E-state index in [9.17, 15) is 9.59 Å². The van der Waals surface area contributed by atoms with Crippen LogP contribution in [0.1, 0.15) is 0 Å². The van der Waals surface area contributed by atoms with Crippen molar-refractivity contribution in [2.24, 2.45) is 0 Å². The summed E-state index contributed by atoms with van der Waals surface area (Å²) in [6.07, 6.45) is 0. The lowest BCUT2D eigenvalue weighted by Gasteiger charge is -1.87. The Morgan fingerprint density at radius 3 is 1.57 bits per heavy atom. The smallest absolute Gasteiger partial charge is 0.323 e. The summed E-state index contributed by atoms with van der Waals surface area (Å²) in [6, 6.07) is 4.53. The first-order chi connectivity index (χ1) is 6.63. The maximum atomic E-state index is 9.97. The second-order valence-corrected chi connectivity index (χ2v) is 1.99. The molecule has 0 rings (SSSR count). The van der Waals surface area contributed by atoms with E-state index in [1.807, 2.05) is 0 Å². The van der Waals surface area contributed by atoms with E-state index in [-0.39, 0.29) is 13.1 Å². The van der Waals surface area contributed by atoms with Gasteiger partial charge in [0.15, 0.2) is 0 Å². The van der Waals surface area contributed by atoms with Crippen molar-refractivity contribution in [2.75, 3.05) is 13.1 Å². The Hall–Kier alpha value is -2.34. The fourth-order valence-corrected chi connectivity index (χ4v) is 0.391. The molecule has 4 N–H and O–H groups in total. The fourth-order valence-electron chi connectivity index (χ4n) is 0.391. The lowest BCUT2D eigenvalue weighted by molar-refractivity contribution is -0.136. The third kappa shape index (κ3) is 9.66. The van der Waals surface area contributed by atoms with Crippen LogP contribution >= 0.6 is 0 Å². The van der Waals surface area contributed by atoms with Gasteiger partial charge in [-0.2, -0.15) is 0 Å². The average Bonchev–Trinajstić information content (AvgIpc) is 2.08. The number of hydrogen-bond donors (Lipinski definition) is 4. The third-order valence-electron chi connectivity index (χ3n) is 0.844. The minimum absolute atomic E-state index is 0.267. The molecule has 0 aliphatic heterocycles. The Balaban J connectivity index is 3.58. The van der Waals surface area contributed by atoms with Crippen LogP contribution in [0.15, 0.2) is 0 Å². The highest BCUT2D eigenvalue weighted by Crippen LogP contribution is 1.58. The number of carboxylic acids is 2. The van der Waals surface area contributed by atoms with Crippen molar-refractivity contribution in [2.45, 2.75) is 0 Å². The van der Waals surface area contributed by atoms with Crippen LogP contribution in [0.4, 0.5) is 0 Å². The maximum absolute atomic E-state index is 9.97. The number of hydrogen-bond acceptors (Lipinski definition) is 4. The second-order valence-electron chi connectivity index (χ2n) is 1.99. The van der Waals surface area contributed by atoms with E-state index < -0.39 is 11.9 Å². The van der Waals surface area contributed by atoms with Crippen molar-refractivity contribution in [3.8, 4) is 23.9 Å². The Kier molecular flexibility index (Phi) is 6.09. The van der Waals surface area contributed by atoms with Gasteiger partial charge in [-0.3, -0.25) is 9.59 Å². The number of carboxylic acid groups (broad SMARTS) is 2. The molecule has 0 aliphatic rings. The topological polar surface area (TPSA) is 98.7 Å². The van der Waals surface area contributed by atoms with E-state index in [0.717, 1.165) is 0 Å². The average molecular weight is 196 g/mol. The zero-order valence-corrected chi connectivity index (χ0v) is 7.13. The lowest BCUT2D eigenvalue weighted by Crippen LogP contribution is -2.17. The van der Waals surface area contributed by atoms with Crippen molar-refractivity contribution >= 4 is 11.9 Å². The van der Waals surface area contributed by atoms with Gasteiger partial charge in [0.2, 0.25) is 0 Å². The quantitative estimate of drug-likeness (QED) is 0.314. The third-order valence-corrected chi connectivity index (χ3v) is 0.844. The van der Waals surface area contributed by atoms with Crippen LogP contribution in [-0.2, 0) is 9.59 Å². The lowest BCUT2D eigenvalue weighted by atomic mass is 10.6. The zero-order chi connectivity index (χ0) is 10.8. The first kappa shape index (κ1) is 11.7. The Labute approximate surface area is 80.3 Å². The van der Waals surface area contributed by atoms with Crippen LogP contribution in [0, 0.1) is 23.9 Å². The molecule has 0 aromatic rings. The van der Waals surface area contributed by atoms with E-state index in [0.29, 0.717) is 0 Å². The molecular formula is C8H8N2O4. The Morgan fingerprint density at radius 1 is 0.929 bits per heavy atom. The summed E-state index contributed by atoms with van der Waals surface area (Å²) in [4.78, 5) is 19.9. The summed E-state index contributed by atoms with van der Waals surface area (Å²) < 4.78 is 0. The second kappa shape index (κ2) is 7.32. The number of rotatable bonds is 4. The van der Waals surface area contributed by atoms with Gasteiger partial charge >= 0.3 is 11.9 Å². The molecule has 0 aromatic heterocycles. The van der Waals surface area contributed by atoms with Gasteiger partial charge in [0.05, 0.1) is 0 Å². The monoisotopic (exact) mass is 196 g/mol. The van der Waals surface area contributed by atoms with Gasteiger partial charge in [0.1, 0.15) is 13.1 Å². The molecule has 0 heterocycles. The summed E-state index contributed by atoms with van der Waals surface area (Å²) in [5.41, 5.74) is 0. The van der Waals surface area contributed by atoms with Gasteiger partial charge in [-0.1, -0.05) is 0 Å². The molecule has 0 radical (unpaired) electrons. The first-order valence-corrected chi connectivity index (χ1v) is 3.52. The first-order valence-electron chi connectivity index (χ1n) is 3.52. The fraction of sp³-hybridized carbons (Fsp3) is 0.250. The van der Waals surface area contributed by atoms with Crippen molar-refractivity contribution in [1.29, 1.82) is 0 Å². The van der Waals surface area contributed by atoms with Crippen LogP contribution in [0.25, 0.3) is 0 Å². The number of carbonyl (C=O) groups is 2. The highest BCUT2D eigenvalue weighted by Gasteiger charge is 1.89. The number of aliphatic carboxylic acids is 2. The van der Waals surface area contributed by atoms with E-state index in [1.54, 1.807) is 0 Å². The molecule has 0 unspecified atom stereocenters. The van der Waals surface area contributed by atoms with Crippen LogP contribution in [0.5, 0.6) is 0 Å². The summed E-state index contributed by atoms with van der Waals surface area (Å²) in [5, 5.41) is 20.9. The van der Waals surface area contributed by atoms with Crippen molar-refractivity contribution in [3.05, 3.63) is 0 Å². The molecule has 0 saturated carbocycles. The van der Waals surface area contributed by atoms with Crippen molar-refractivity contribution < 1.29 is 19.8 Å². The molecule has 6 heteroatoms. The molecule has 74 valence electrons. The van der Waals surface area contributed by atoms with Gasteiger partial charge < -0.3 is 20.8 Å². The van der Waals surface area contributed by atoms with Gasteiger partial charge in [-0.25, -0.2) is 0 Å². The molecule has 0 fully saturated rings. The van der Waals surface area contributed by atoms with E-state index in [2.05, 4.69) is 34.6 Å². The molecule has 0 spiro atoms. The van der Waals surface area contributed by atoms with Crippen LogP contribution < -0.4 is 10.6 Å². The summed E-state index contributed by atoms with van der Waals surface area (Å²) in [7, 11) is 0. The van der Waals surface area contributed by atoms with Crippen LogP contribution in [0.2, 0.25) is 0 Å². The predicted molar refractivity (Wildman–Crippen MR) is 46.8 cm³/mol. The molecule has 0 aromatic carbocycles. The van der Waals surface area contributed by atoms with Gasteiger partial charge in [-0.05, 0) is 0 Å². The Bertz CT molecular complexity index is 295. The van der Waals surface area contributed by atoms with Gasteiger partial charge in [-0.15, -0.1) is 0 Å². The molecule has 0 amide bonds. The highest BCUT2D eigenvalue weighted by atomic mass is 16.4.